The first-order valence-corrected chi connectivity index (χ1v) is 7.35. The molecule has 0 unspecified atom stereocenters. The maximum Gasteiger partial charge on any atom is 0.231 e. The summed E-state index contributed by atoms with van der Waals surface area (Å²) in [5.41, 5.74) is 7.23. The van der Waals surface area contributed by atoms with Crippen LogP contribution in [0, 0.1) is 5.41 Å². The van der Waals surface area contributed by atoms with E-state index in [1.807, 2.05) is 36.5 Å². The molecule has 0 spiro atoms. The van der Waals surface area contributed by atoms with E-state index in [1.54, 1.807) is 10.9 Å². The van der Waals surface area contributed by atoms with Crippen molar-refractivity contribution in [3.05, 3.63) is 42.7 Å². The normalized spacial score (nSPS) is 16.8. The maximum absolute atomic E-state index is 12.5. The Morgan fingerprint density at radius 2 is 2.00 bits per heavy atom. The topological polar surface area (TPSA) is 72.9 Å². The van der Waals surface area contributed by atoms with Crippen LogP contribution in [0.15, 0.2) is 42.7 Å². The van der Waals surface area contributed by atoms with Gasteiger partial charge in [0.15, 0.2) is 0 Å². The SMILES string of the molecule is NCC1(C(=O)Nc2ccc(-n3cccn3)cc2)CCCC1. The second-order valence-corrected chi connectivity index (χ2v) is 5.64. The summed E-state index contributed by atoms with van der Waals surface area (Å²) < 4.78 is 1.78. The summed E-state index contributed by atoms with van der Waals surface area (Å²) in [4.78, 5) is 12.5. The Kier molecular flexibility index (Phi) is 3.75. The first-order valence-electron chi connectivity index (χ1n) is 7.35. The molecular weight excluding hydrogens is 264 g/mol. The second-order valence-electron chi connectivity index (χ2n) is 5.64. The van der Waals surface area contributed by atoms with Gasteiger partial charge < -0.3 is 11.1 Å². The predicted octanol–water partition coefficient (Wildman–Crippen LogP) is 2.33. The molecule has 0 bridgehead atoms. The van der Waals surface area contributed by atoms with E-state index < -0.39 is 0 Å². The number of aromatic nitrogens is 2. The summed E-state index contributed by atoms with van der Waals surface area (Å²) in [7, 11) is 0. The molecular formula is C16H20N4O. The molecule has 3 N–H and O–H groups in total. The molecule has 21 heavy (non-hydrogen) atoms. The fourth-order valence-corrected chi connectivity index (χ4v) is 2.96. The second kappa shape index (κ2) is 5.69. The van der Waals surface area contributed by atoms with Gasteiger partial charge in [-0.25, -0.2) is 4.68 Å². The van der Waals surface area contributed by atoms with Gasteiger partial charge in [-0.3, -0.25) is 4.79 Å². The number of carbonyl (C=O) groups is 1. The number of amides is 1. The molecule has 1 heterocycles. The van der Waals surface area contributed by atoms with E-state index >= 15 is 0 Å². The highest BCUT2D eigenvalue weighted by atomic mass is 16.2. The molecule has 0 atom stereocenters. The van der Waals surface area contributed by atoms with Crippen LogP contribution in [0.3, 0.4) is 0 Å². The van der Waals surface area contributed by atoms with Gasteiger partial charge in [-0.15, -0.1) is 0 Å². The van der Waals surface area contributed by atoms with Gasteiger partial charge in [-0.2, -0.15) is 5.10 Å². The van der Waals surface area contributed by atoms with E-state index in [4.69, 9.17) is 5.73 Å². The number of carbonyl (C=O) groups excluding carboxylic acids is 1. The Balaban J connectivity index is 1.72. The van der Waals surface area contributed by atoms with Crippen molar-refractivity contribution in [2.75, 3.05) is 11.9 Å². The van der Waals surface area contributed by atoms with Crippen LogP contribution in [0.25, 0.3) is 5.69 Å². The van der Waals surface area contributed by atoms with E-state index in [-0.39, 0.29) is 11.3 Å². The number of nitrogens with one attached hydrogen (secondary N) is 1. The lowest BCUT2D eigenvalue weighted by molar-refractivity contribution is -0.124. The number of nitrogens with zero attached hydrogens (tertiary/aromatic N) is 2. The van der Waals surface area contributed by atoms with Crippen LogP contribution >= 0.6 is 0 Å². The molecule has 0 radical (unpaired) electrons. The first-order chi connectivity index (χ1) is 10.2. The highest BCUT2D eigenvalue weighted by molar-refractivity contribution is 5.95. The van der Waals surface area contributed by atoms with Gasteiger partial charge in [0.05, 0.1) is 11.1 Å². The maximum atomic E-state index is 12.5. The van der Waals surface area contributed by atoms with Crippen molar-refractivity contribution >= 4 is 11.6 Å². The Bertz CT molecular complexity index is 598. The molecule has 3 rings (SSSR count). The third kappa shape index (κ3) is 2.69. The van der Waals surface area contributed by atoms with Crippen LogP contribution in [-0.4, -0.2) is 22.2 Å². The Hall–Kier alpha value is -2.14. The highest BCUT2D eigenvalue weighted by Gasteiger charge is 2.39. The summed E-state index contributed by atoms with van der Waals surface area (Å²) >= 11 is 0. The van der Waals surface area contributed by atoms with Gasteiger partial charge in [0.25, 0.3) is 0 Å². The molecule has 1 aromatic carbocycles. The molecule has 5 heteroatoms. The third-order valence-corrected chi connectivity index (χ3v) is 4.33. The summed E-state index contributed by atoms with van der Waals surface area (Å²) in [5.74, 6) is 0.0503. The van der Waals surface area contributed by atoms with Crippen molar-refractivity contribution in [1.82, 2.24) is 9.78 Å². The van der Waals surface area contributed by atoms with Crippen LogP contribution in [-0.2, 0) is 4.79 Å². The summed E-state index contributed by atoms with van der Waals surface area (Å²) in [6, 6.07) is 9.54. The van der Waals surface area contributed by atoms with Crippen molar-refractivity contribution in [1.29, 1.82) is 0 Å². The van der Waals surface area contributed by atoms with Crippen molar-refractivity contribution in [3.8, 4) is 5.69 Å². The Labute approximate surface area is 124 Å². The molecule has 1 aromatic heterocycles. The average Bonchev–Trinajstić information content (AvgIpc) is 3.20. The molecule has 1 aliphatic carbocycles. The monoisotopic (exact) mass is 284 g/mol. The number of rotatable bonds is 4. The molecule has 1 saturated carbocycles. The fourth-order valence-electron chi connectivity index (χ4n) is 2.96. The molecule has 0 aliphatic heterocycles. The minimum Gasteiger partial charge on any atom is -0.329 e. The van der Waals surface area contributed by atoms with Crippen molar-refractivity contribution < 1.29 is 4.79 Å². The quantitative estimate of drug-likeness (QED) is 0.905. The van der Waals surface area contributed by atoms with Gasteiger partial charge >= 0.3 is 0 Å². The van der Waals surface area contributed by atoms with Crippen molar-refractivity contribution in [2.24, 2.45) is 11.1 Å². The number of anilines is 1. The third-order valence-electron chi connectivity index (χ3n) is 4.33. The minimum atomic E-state index is -0.374. The predicted molar refractivity (Wildman–Crippen MR) is 82.1 cm³/mol. The van der Waals surface area contributed by atoms with Gasteiger partial charge in [-0.05, 0) is 43.2 Å². The lowest BCUT2D eigenvalue weighted by Gasteiger charge is -2.25. The van der Waals surface area contributed by atoms with Crippen LogP contribution in [0.2, 0.25) is 0 Å². The van der Waals surface area contributed by atoms with Crippen LogP contribution in [0.1, 0.15) is 25.7 Å². The van der Waals surface area contributed by atoms with Crippen LogP contribution in [0.4, 0.5) is 5.69 Å². The summed E-state index contributed by atoms with van der Waals surface area (Å²) in [6.45, 7) is 0.421. The molecule has 5 nitrogen and oxygen atoms in total. The van der Waals surface area contributed by atoms with Gasteiger partial charge in [0, 0.05) is 24.6 Å². The van der Waals surface area contributed by atoms with Gasteiger partial charge in [0.1, 0.15) is 0 Å². The number of benzene rings is 1. The Morgan fingerprint density at radius 3 is 2.57 bits per heavy atom. The molecule has 1 fully saturated rings. The smallest absolute Gasteiger partial charge is 0.231 e. The van der Waals surface area contributed by atoms with Crippen molar-refractivity contribution in [2.45, 2.75) is 25.7 Å². The zero-order chi connectivity index (χ0) is 14.7. The largest absolute Gasteiger partial charge is 0.329 e. The molecule has 1 aliphatic rings. The number of hydrogen-bond acceptors (Lipinski definition) is 3. The molecule has 2 aromatic rings. The number of nitrogens with two attached hydrogens (primary N) is 1. The lowest BCUT2D eigenvalue weighted by atomic mass is 9.85. The minimum absolute atomic E-state index is 0.0503. The van der Waals surface area contributed by atoms with E-state index in [2.05, 4.69) is 10.4 Å². The zero-order valence-corrected chi connectivity index (χ0v) is 12.0. The Morgan fingerprint density at radius 1 is 1.29 bits per heavy atom. The van der Waals surface area contributed by atoms with E-state index in [0.29, 0.717) is 6.54 Å². The zero-order valence-electron chi connectivity index (χ0n) is 12.0. The summed E-state index contributed by atoms with van der Waals surface area (Å²) in [5, 5.41) is 7.18. The molecule has 110 valence electrons. The van der Waals surface area contributed by atoms with E-state index in [1.165, 1.54) is 0 Å². The first kappa shape index (κ1) is 13.8. The molecule has 0 saturated heterocycles. The fraction of sp³-hybridized carbons (Fsp3) is 0.375. The van der Waals surface area contributed by atoms with Crippen LogP contribution < -0.4 is 11.1 Å². The summed E-state index contributed by atoms with van der Waals surface area (Å²) in [6.07, 6.45) is 7.57. The van der Waals surface area contributed by atoms with Gasteiger partial charge in [0.2, 0.25) is 5.91 Å². The lowest BCUT2D eigenvalue weighted by Crippen LogP contribution is -2.40. The van der Waals surface area contributed by atoms with E-state index in [0.717, 1.165) is 37.1 Å². The van der Waals surface area contributed by atoms with Gasteiger partial charge in [-0.1, -0.05) is 12.8 Å². The standard InChI is InChI=1S/C16H20N4O/c17-12-16(8-1-2-9-16)15(21)19-13-4-6-14(7-5-13)20-11-3-10-18-20/h3-7,10-11H,1-2,8-9,12,17H2,(H,19,21). The van der Waals surface area contributed by atoms with Crippen LogP contribution in [0.5, 0.6) is 0 Å². The number of hydrogen-bond donors (Lipinski definition) is 2. The molecule has 1 amide bonds. The average molecular weight is 284 g/mol. The van der Waals surface area contributed by atoms with Crippen molar-refractivity contribution in [3.63, 3.8) is 0 Å². The van der Waals surface area contributed by atoms with E-state index in [9.17, 15) is 4.79 Å². The highest BCUT2D eigenvalue weighted by Crippen LogP contribution is 2.38.